The molecule has 0 saturated carbocycles. The van der Waals surface area contributed by atoms with Crippen molar-refractivity contribution in [2.75, 3.05) is 24.3 Å². The zero-order valence-corrected chi connectivity index (χ0v) is 23.0. The molecular weight excluding hydrogens is 508 g/mol. The van der Waals surface area contributed by atoms with Gasteiger partial charge in [0.2, 0.25) is 5.91 Å². The van der Waals surface area contributed by atoms with Crippen molar-refractivity contribution in [2.24, 2.45) is 12.8 Å². The van der Waals surface area contributed by atoms with E-state index in [1.807, 2.05) is 66.9 Å². The summed E-state index contributed by atoms with van der Waals surface area (Å²) >= 11 is 0. The Kier molecular flexibility index (Phi) is 6.76. The number of carbonyl (C=O) groups excluding carboxylic acids is 2. The maximum Gasteiger partial charge on any atom is 0.290 e. The molecule has 0 aliphatic heterocycles. The van der Waals surface area contributed by atoms with E-state index in [0.29, 0.717) is 40.5 Å². The Morgan fingerprint density at radius 3 is 2.35 bits per heavy atom. The molecule has 0 saturated heterocycles. The van der Waals surface area contributed by atoms with Gasteiger partial charge in [-0.25, -0.2) is 4.98 Å². The molecule has 0 aliphatic rings. The molecule has 2 aromatic carbocycles. The fourth-order valence-corrected chi connectivity index (χ4v) is 4.91. The first-order valence-corrected chi connectivity index (χ1v) is 12.8. The van der Waals surface area contributed by atoms with Gasteiger partial charge in [0.25, 0.3) is 11.5 Å². The number of pyridine rings is 1. The van der Waals surface area contributed by atoms with Gasteiger partial charge in [-0.2, -0.15) is 4.74 Å². The van der Waals surface area contributed by atoms with Gasteiger partial charge in [-0.1, -0.05) is 30.3 Å². The van der Waals surface area contributed by atoms with Gasteiger partial charge in [-0.05, 0) is 55.3 Å². The molecule has 0 atom stereocenters. The lowest BCUT2D eigenvalue weighted by Gasteiger charge is -2.16. The largest absolute Gasteiger partial charge is 0.381 e. The van der Waals surface area contributed by atoms with E-state index in [2.05, 4.69) is 5.32 Å². The predicted octanol–water partition coefficient (Wildman–Crippen LogP) is 4.41. The lowest BCUT2D eigenvalue weighted by molar-refractivity contribution is 0.0995. The molecule has 2 amide bonds. The van der Waals surface area contributed by atoms with Crippen molar-refractivity contribution in [3.8, 4) is 22.4 Å². The fourth-order valence-electron chi connectivity index (χ4n) is 4.91. The Labute approximate surface area is 230 Å². The summed E-state index contributed by atoms with van der Waals surface area (Å²) < 4.78 is 8.72. The molecule has 0 spiro atoms. The number of carbonyl (C=O) groups is 2. The Bertz CT molecular complexity index is 1830. The maximum atomic E-state index is 13.6. The van der Waals surface area contributed by atoms with Crippen molar-refractivity contribution < 1.29 is 14.1 Å². The molecule has 0 aliphatic carbocycles. The van der Waals surface area contributed by atoms with E-state index in [9.17, 15) is 14.4 Å². The molecule has 204 valence electrons. The highest BCUT2D eigenvalue weighted by Gasteiger charge is 2.22. The third-order valence-electron chi connectivity index (χ3n) is 6.85. The van der Waals surface area contributed by atoms with E-state index in [0.717, 1.165) is 22.2 Å². The number of nitrogens with zero attached hydrogens (tertiary/aromatic N) is 4. The molecule has 3 aromatic heterocycles. The molecule has 10 nitrogen and oxygen atoms in total. The van der Waals surface area contributed by atoms with Crippen molar-refractivity contribution in [3.63, 3.8) is 0 Å². The molecular formula is C30H30N6O4. The molecule has 0 unspecified atom stereocenters. The highest BCUT2D eigenvalue weighted by molar-refractivity contribution is 6.12. The van der Waals surface area contributed by atoms with Gasteiger partial charge < -0.3 is 25.0 Å². The van der Waals surface area contributed by atoms with Crippen LogP contribution < -0.4 is 21.5 Å². The standard InChI is InChI=1S/C30H30N6O4/c1-6-36-23(18-10-12-19(13-11-18)25-17(2)40-35(5)30(25)39)15-21-16-24(34(3)4)33-26(27(21)36)29(38)32-22-9-7-8-20(14-22)28(31)37/h7-16H,6H2,1-5H3,(H2,31,37)(H,32,38). The summed E-state index contributed by atoms with van der Waals surface area (Å²) in [6, 6.07) is 18.2. The maximum absolute atomic E-state index is 13.6. The SMILES string of the molecule is CCn1c(-c2ccc(-c3c(C)on(C)c3=O)cc2)cc2cc(N(C)C)nc(C(=O)Nc3cccc(C(N)=O)c3)c21. The second-order valence-electron chi connectivity index (χ2n) is 9.74. The molecule has 5 rings (SSSR count). The smallest absolute Gasteiger partial charge is 0.290 e. The van der Waals surface area contributed by atoms with Crippen LogP contribution in [-0.2, 0) is 13.6 Å². The number of anilines is 2. The molecule has 0 radical (unpaired) electrons. The zero-order valence-electron chi connectivity index (χ0n) is 23.0. The Balaban J connectivity index is 1.61. The Morgan fingerprint density at radius 1 is 1.05 bits per heavy atom. The summed E-state index contributed by atoms with van der Waals surface area (Å²) in [6.45, 7) is 4.36. The lowest BCUT2D eigenvalue weighted by atomic mass is 10.0. The van der Waals surface area contributed by atoms with Gasteiger partial charge in [0.15, 0.2) is 5.69 Å². The number of primary amides is 1. The molecule has 40 heavy (non-hydrogen) atoms. The van der Waals surface area contributed by atoms with Gasteiger partial charge in [0, 0.05) is 50.0 Å². The Morgan fingerprint density at radius 2 is 1.75 bits per heavy atom. The number of aromatic nitrogens is 3. The van der Waals surface area contributed by atoms with E-state index >= 15 is 0 Å². The lowest BCUT2D eigenvalue weighted by Crippen LogP contribution is -2.19. The van der Waals surface area contributed by atoms with Crippen LogP contribution in [0.3, 0.4) is 0 Å². The summed E-state index contributed by atoms with van der Waals surface area (Å²) in [4.78, 5) is 44.3. The summed E-state index contributed by atoms with van der Waals surface area (Å²) in [5, 5.41) is 3.73. The van der Waals surface area contributed by atoms with Crippen LogP contribution in [0.25, 0.3) is 33.3 Å². The number of amides is 2. The molecule has 3 heterocycles. The average molecular weight is 539 g/mol. The number of nitrogens with one attached hydrogen (secondary N) is 1. The first-order valence-electron chi connectivity index (χ1n) is 12.8. The Hall–Kier alpha value is -5.12. The van der Waals surface area contributed by atoms with Gasteiger partial charge >= 0.3 is 0 Å². The zero-order chi connectivity index (χ0) is 28.7. The van der Waals surface area contributed by atoms with Gasteiger partial charge in [-0.15, -0.1) is 0 Å². The van der Waals surface area contributed by atoms with Crippen molar-refractivity contribution in [3.05, 3.63) is 88.0 Å². The second kappa shape index (κ2) is 10.2. The third-order valence-corrected chi connectivity index (χ3v) is 6.85. The van der Waals surface area contributed by atoms with Crippen LogP contribution in [0.15, 0.2) is 70.0 Å². The minimum Gasteiger partial charge on any atom is -0.381 e. The van der Waals surface area contributed by atoms with Crippen LogP contribution in [0.4, 0.5) is 11.5 Å². The van der Waals surface area contributed by atoms with E-state index < -0.39 is 11.8 Å². The number of hydrogen-bond acceptors (Lipinski definition) is 6. The van der Waals surface area contributed by atoms with E-state index in [-0.39, 0.29) is 11.3 Å². The molecule has 0 bridgehead atoms. The highest BCUT2D eigenvalue weighted by Crippen LogP contribution is 2.33. The van der Waals surface area contributed by atoms with Crippen LogP contribution in [0.2, 0.25) is 0 Å². The van der Waals surface area contributed by atoms with Crippen molar-refractivity contribution >= 4 is 34.2 Å². The van der Waals surface area contributed by atoms with Gasteiger partial charge in [0.05, 0.1) is 11.1 Å². The third kappa shape index (κ3) is 4.64. The first kappa shape index (κ1) is 26.5. The van der Waals surface area contributed by atoms with E-state index in [1.165, 1.54) is 10.8 Å². The number of benzene rings is 2. The highest BCUT2D eigenvalue weighted by atomic mass is 16.5. The second-order valence-corrected chi connectivity index (χ2v) is 9.74. The van der Waals surface area contributed by atoms with Crippen molar-refractivity contribution in [1.29, 1.82) is 0 Å². The van der Waals surface area contributed by atoms with Crippen LogP contribution in [0.1, 0.15) is 33.5 Å². The van der Waals surface area contributed by atoms with E-state index in [1.54, 1.807) is 32.2 Å². The quantitative estimate of drug-likeness (QED) is 0.316. The van der Waals surface area contributed by atoms with Crippen LogP contribution in [0.5, 0.6) is 0 Å². The first-order chi connectivity index (χ1) is 19.1. The number of hydrogen-bond donors (Lipinski definition) is 2. The summed E-state index contributed by atoms with van der Waals surface area (Å²) in [5.74, 6) is 0.202. The minimum absolute atomic E-state index is 0.188. The van der Waals surface area contributed by atoms with Crippen LogP contribution in [-0.4, -0.2) is 40.2 Å². The summed E-state index contributed by atoms with van der Waals surface area (Å²) in [7, 11) is 5.32. The van der Waals surface area contributed by atoms with E-state index in [4.69, 9.17) is 15.2 Å². The number of fused-ring (bicyclic) bond motifs is 1. The fraction of sp³-hybridized carbons (Fsp3) is 0.200. The molecule has 5 aromatic rings. The number of nitrogens with two attached hydrogens (primary N) is 1. The molecule has 3 N–H and O–H groups in total. The summed E-state index contributed by atoms with van der Waals surface area (Å²) in [5.41, 5.74) is 10.0. The van der Waals surface area contributed by atoms with Gasteiger partial charge in [0.1, 0.15) is 11.6 Å². The van der Waals surface area contributed by atoms with Crippen LogP contribution in [0, 0.1) is 6.92 Å². The average Bonchev–Trinajstić information content (AvgIpc) is 3.43. The van der Waals surface area contributed by atoms with Crippen LogP contribution >= 0.6 is 0 Å². The topological polar surface area (TPSA) is 128 Å². The predicted molar refractivity (Wildman–Crippen MR) is 156 cm³/mol. The molecule has 10 heteroatoms. The molecule has 0 fully saturated rings. The normalized spacial score (nSPS) is 11.1. The number of aryl methyl sites for hydroxylation is 3. The van der Waals surface area contributed by atoms with Crippen molar-refractivity contribution in [2.45, 2.75) is 20.4 Å². The number of rotatable bonds is 7. The van der Waals surface area contributed by atoms with Crippen molar-refractivity contribution in [1.82, 2.24) is 14.3 Å². The monoisotopic (exact) mass is 538 g/mol. The minimum atomic E-state index is -0.579. The van der Waals surface area contributed by atoms with Gasteiger partial charge in [-0.3, -0.25) is 14.4 Å². The summed E-state index contributed by atoms with van der Waals surface area (Å²) in [6.07, 6.45) is 0.